The molecule has 0 bridgehead atoms. The molecule has 21 heteroatoms. The Balaban J connectivity index is 0.925. The summed E-state index contributed by atoms with van der Waals surface area (Å²) in [4.78, 5) is 20.8. The lowest BCUT2D eigenvalue weighted by Gasteiger charge is -2.43. The van der Waals surface area contributed by atoms with Gasteiger partial charge in [0, 0.05) is 111 Å². The molecule has 73 heavy (non-hydrogen) atoms. The van der Waals surface area contributed by atoms with Gasteiger partial charge in [0.15, 0.2) is 0 Å². The van der Waals surface area contributed by atoms with E-state index in [-0.39, 0.29) is 42.5 Å². The van der Waals surface area contributed by atoms with Gasteiger partial charge in [-0.05, 0) is 122 Å². The third-order valence-electron chi connectivity index (χ3n) is 14.2. The zero-order valence-corrected chi connectivity index (χ0v) is 44.0. The Hall–Kier alpha value is -4.28. The van der Waals surface area contributed by atoms with Crippen molar-refractivity contribution in [2.75, 3.05) is 101 Å². The number of benzene rings is 4. The van der Waals surface area contributed by atoms with Crippen molar-refractivity contribution < 1.29 is 43.6 Å². The summed E-state index contributed by atoms with van der Waals surface area (Å²) >= 11 is 7.61. The zero-order chi connectivity index (χ0) is 52.0. The fourth-order valence-corrected chi connectivity index (χ4v) is 13.5. The molecule has 396 valence electrons. The van der Waals surface area contributed by atoms with Gasteiger partial charge in [-0.3, -0.25) is 14.6 Å². The molecule has 0 spiro atoms. The van der Waals surface area contributed by atoms with Gasteiger partial charge >= 0.3 is 5.51 Å². The second-order valence-electron chi connectivity index (χ2n) is 19.9. The maximum atomic E-state index is 14.3. The number of nitrogens with zero attached hydrogens (tertiary/aromatic N) is 4. The van der Waals surface area contributed by atoms with Crippen LogP contribution in [0.4, 0.5) is 33.3 Å². The molecule has 3 heterocycles. The summed E-state index contributed by atoms with van der Waals surface area (Å²) in [5.41, 5.74) is -1.35. The van der Waals surface area contributed by atoms with E-state index in [1.807, 2.05) is 29.0 Å². The summed E-state index contributed by atoms with van der Waals surface area (Å²) in [7, 11) is -11.1. The first-order chi connectivity index (χ1) is 34.7. The number of thioether (sulfide) groups is 1. The molecule has 4 aromatic carbocycles. The molecule has 3 saturated heterocycles. The minimum atomic E-state index is -6.16. The lowest BCUT2D eigenvalue weighted by atomic mass is 9.71. The van der Waals surface area contributed by atoms with Crippen LogP contribution >= 0.6 is 23.4 Å². The van der Waals surface area contributed by atoms with Gasteiger partial charge in [0.05, 0.1) is 17.1 Å². The SMILES string of the molecule is C[C@@]1(CN2CCNCC2)CCC(c2ccc(Cl)cc2)=C(CN2CCN(c3ccc(C(=O)NS(=O)(=O)c4ccc(N[C@H](CCN5CCCC(F)(F)C5)CSc5ccccc5)c(S(=O)(=O)C(F)(F)F)c4)cc3)CC2)C1. The summed E-state index contributed by atoms with van der Waals surface area (Å²) in [6.45, 7) is 11.5. The molecule has 3 fully saturated rings. The second-order valence-corrected chi connectivity index (χ2v) is 25.1. The predicted molar refractivity (Wildman–Crippen MR) is 279 cm³/mol. The molecular weight excluding hydrogens is 1030 g/mol. The highest BCUT2D eigenvalue weighted by atomic mass is 35.5. The lowest BCUT2D eigenvalue weighted by molar-refractivity contribution is -0.0641. The highest BCUT2D eigenvalue weighted by molar-refractivity contribution is 7.99. The Kier molecular flexibility index (Phi) is 17.6. The molecule has 2 atom stereocenters. The average Bonchev–Trinajstić information content (AvgIpc) is 3.35. The molecular formula is C52H63ClF5N7O5S3. The van der Waals surface area contributed by atoms with Crippen LogP contribution in [0.25, 0.3) is 5.57 Å². The molecule has 4 aliphatic rings. The van der Waals surface area contributed by atoms with Gasteiger partial charge in [-0.2, -0.15) is 13.2 Å². The van der Waals surface area contributed by atoms with Crippen molar-refractivity contribution in [3.05, 3.63) is 119 Å². The maximum Gasteiger partial charge on any atom is 0.501 e. The van der Waals surface area contributed by atoms with E-state index in [1.165, 1.54) is 40.6 Å². The monoisotopic (exact) mass is 1090 g/mol. The van der Waals surface area contributed by atoms with Crippen molar-refractivity contribution in [2.24, 2.45) is 5.41 Å². The van der Waals surface area contributed by atoms with E-state index in [9.17, 15) is 43.6 Å². The molecule has 1 amide bonds. The lowest BCUT2D eigenvalue weighted by Crippen LogP contribution is -2.49. The van der Waals surface area contributed by atoms with Gasteiger partial charge in [0.2, 0.25) is 0 Å². The number of hydrogen-bond acceptors (Lipinski definition) is 12. The standard InChI is InChI=1S/C52H63ClF5N7O5S3/c1-50(36-64-26-22-59-23-27-64)21-18-46(38-8-12-41(53)13-9-38)40(33-50)34-62-28-30-65(31-29-62)43-14-10-39(11-15-43)49(66)61-73(69,70)45-16-17-47(48(32-45)72(67,68)52(56,57)58)60-42(35-71-44-6-3-2-4-7-44)19-25-63-24-5-20-51(54,55)37-63/h2-4,6-17,32,42,59-60H,5,18-31,33-37H2,1H3,(H,61,66)/t42-,50-/m1/s1. The number of nitrogens with one attached hydrogen (secondary N) is 3. The van der Waals surface area contributed by atoms with E-state index < -0.39 is 65.3 Å². The number of anilines is 2. The molecule has 4 aromatic rings. The third-order valence-corrected chi connectivity index (χ3v) is 18.5. The summed E-state index contributed by atoms with van der Waals surface area (Å²) in [5.74, 6) is -3.76. The normalized spacial score (nSPS) is 21.2. The first-order valence-corrected chi connectivity index (χ1v) is 29.0. The van der Waals surface area contributed by atoms with E-state index in [0.29, 0.717) is 30.7 Å². The Morgan fingerprint density at radius 3 is 2.21 bits per heavy atom. The van der Waals surface area contributed by atoms with Gasteiger partial charge in [-0.1, -0.05) is 54.4 Å². The van der Waals surface area contributed by atoms with Crippen LogP contribution in [0.5, 0.6) is 0 Å². The van der Waals surface area contributed by atoms with Gasteiger partial charge in [-0.15, -0.1) is 11.8 Å². The molecule has 1 aliphatic carbocycles. The Labute approximate surface area is 435 Å². The highest BCUT2D eigenvalue weighted by Gasteiger charge is 2.49. The van der Waals surface area contributed by atoms with Crippen LogP contribution in [0, 0.1) is 5.41 Å². The van der Waals surface area contributed by atoms with E-state index >= 15 is 0 Å². The van der Waals surface area contributed by atoms with Gasteiger partial charge in [0.25, 0.3) is 31.7 Å². The summed E-state index contributed by atoms with van der Waals surface area (Å²) in [6.07, 6.45) is 3.27. The van der Waals surface area contributed by atoms with E-state index in [4.69, 9.17) is 11.6 Å². The average molecular weight is 1090 g/mol. The minimum absolute atomic E-state index is 0.0413. The van der Waals surface area contributed by atoms with Crippen molar-refractivity contribution in [3.8, 4) is 0 Å². The van der Waals surface area contributed by atoms with Crippen LogP contribution in [0.2, 0.25) is 5.02 Å². The number of piperidine rings is 1. The van der Waals surface area contributed by atoms with E-state index in [2.05, 4.69) is 44.4 Å². The highest BCUT2D eigenvalue weighted by Crippen LogP contribution is 2.44. The zero-order valence-electron chi connectivity index (χ0n) is 40.8. The van der Waals surface area contributed by atoms with E-state index in [0.717, 1.165) is 94.3 Å². The smallest absolute Gasteiger partial charge is 0.380 e. The van der Waals surface area contributed by atoms with Crippen molar-refractivity contribution in [1.82, 2.24) is 24.7 Å². The molecule has 0 unspecified atom stereocenters. The molecule has 12 nitrogen and oxygen atoms in total. The molecule has 0 saturated carbocycles. The summed E-state index contributed by atoms with van der Waals surface area (Å²) < 4.78 is 127. The Morgan fingerprint density at radius 2 is 1.53 bits per heavy atom. The number of carbonyl (C=O) groups excluding carboxylic acids is 1. The Morgan fingerprint density at radius 1 is 0.836 bits per heavy atom. The van der Waals surface area contributed by atoms with Gasteiger partial charge in [0.1, 0.15) is 4.90 Å². The van der Waals surface area contributed by atoms with Crippen molar-refractivity contribution in [1.29, 1.82) is 0 Å². The molecule has 3 N–H and O–H groups in total. The number of carbonyl (C=O) groups is 1. The number of alkyl halides is 5. The van der Waals surface area contributed by atoms with Gasteiger partial charge in [-0.25, -0.2) is 30.3 Å². The van der Waals surface area contributed by atoms with Crippen LogP contribution < -0.4 is 20.3 Å². The summed E-state index contributed by atoms with van der Waals surface area (Å²) in [5, 5.41) is 7.03. The van der Waals surface area contributed by atoms with Gasteiger partial charge < -0.3 is 20.4 Å². The predicted octanol–water partition coefficient (Wildman–Crippen LogP) is 9.12. The van der Waals surface area contributed by atoms with Crippen LogP contribution in [0.15, 0.2) is 117 Å². The number of rotatable bonds is 18. The van der Waals surface area contributed by atoms with Crippen LogP contribution in [-0.4, -0.2) is 146 Å². The van der Waals surface area contributed by atoms with E-state index in [1.54, 1.807) is 35.2 Å². The van der Waals surface area contributed by atoms with Crippen molar-refractivity contribution in [3.63, 3.8) is 0 Å². The van der Waals surface area contributed by atoms with Crippen LogP contribution in [0.1, 0.15) is 61.4 Å². The van der Waals surface area contributed by atoms with Crippen molar-refractivity contribution >= 4 is 66.1 Å². The third kappa shape index (κ3) is 14.4. The number of amides is 1. The molecule has 0 aromatic heterocycles. The number of sulfonamides is 1. The van der Waals surface area contributed by atoms with Crippen LogP contribution in [-0.2, 0) is 19.9 Å². The number of likely N-dealkylation sites (tertiary alicyclic amines) is 1. The fourth-order valence-electron chi connectivity index (χ4n) is 10.3. The number of sulfone groups is 1. The molecule has 8 rings (SSSR count). The fraction of sp³-hybridized carbons (Fsp3) is 0.481. The quantitative estimate of drug-likeness (QED) is 0.0649. The number of hydrogen-bond donors (Lipinski definition) is 3. The molecule has 3 aliphatic heterocycles. The minimum Gasteiger partial charge on any atom is -0.380 e. The number of piperazine rings is 2. The first-order valence-electron chi connectivity index (χ1n) is 24.7. The van der Waals surface area contributed by atoms with Crippen LogP contribution in [0.3, 0.4) is 0 Å². The second kappa shape index (κ2) is 23.3. The summed E-state index contributed by atoms with van der Waals surface area (Å²) in [6, 6.07) is 25.0. The Bertz CT molecular complexity index is 2800. The molecule has 0 radical (unpaired) electrons. The largest absolute Gasteiger partial charge is 0.501 e. The number of allylic oxidation sites excluding steroid dienone is 1. The first kappa shape index (κ1) is 55.0. The maximum absolute atomic E-state index is 14.3. The van der Waals surface area contributed by atoms with Crippen molar-refractivity contribution in [2.45, 2.75) is 77.6 Å². The topological polar surface area (TPSA) is 134 Å². The number of halogens is 6.